The Hall–Kier alpha value is -0.670. The number of hydrogen-bond donors (Lipinski definition) is 1. The van der Waals surface area contributed by atoms with Gasteiger partial charge in [0, 0.05) is 5.56 Å². The highest BCUT2D eigenvalue weighted by Gasteiger charge is 2.20. The fourth-order valence-electron chi connectivity index (χ4n) is 1.88. The highest BCUT2D eigenvalue weighted by molar-refractivity contribution is 9.10. The molecule has 0 amide bonds. The standard InChI is InChI=1S/C12H12BrFO/c13-10-7-3-6-9(11(10)14)12(15)8-4-1-2-5-8/h3-4,6-7,12,15H,1-2,5H2. The van der Waals surface area contributed by atoms with Gasteiger partial charge in [-0.15, -0.1) is 0 Å². The fourth-order valence-corrected chi connectivity index (χ4v) is 2.26. The molecule has 0 saturated carbocycles. The molecule has 1 atom stereocenters. The fraction of sp³-hybridized carbons (Fsp3) is 0.333. The Morgan fingerprint density at radius 2 is 2.20 bits per heavy atom. The summed E-state index contributed by atoms with van der Waals surface area (Å²) in [6, 6.07) is 5.00. The van der Waals surface area contributed by atoms with Crippen LogP contribution in [0.5, 0.6) is 0 Å². The van der Waals surface area contributed by atoms with Gasteiger partial charge in [-0.3, -0.25) is 0 Å². The second-order valence-corrected chi connectivity index (χ2v) is 4.57. The van der Waals surface area contributed by atoms with Crippen LogP contribution in [0.15, 0.2) is 34.3 Å². The van der Waals surface area contributed by atoms with Gasteiger partial charge in [-0.25, -0.2) is 4.39 Å². The SMILES string of the molecule is OC(C1=CCCC1)c1cccc(Br)c1F. The van der Waals surface area contributed by atoms with Gasteiger partial charge in [-0.2, -0.15) is 0 Å². The lowest BCUT2D eigenvalue weighted by Crippen LogP contribution is -2.03. The van der Waals surface area contributed by atoms with Crippen molar-refractivity contribution in [1.29, 1.82) is 0 Å². The van der Waals surface area contributed by atoms with E-state index in [0.29, 0.717) is 10.0 Å². The number of hydrogen-bond acceptors (Lipinski definition) is 1. The Labute approximate surface area is 96.8 Å². The summed E-state index contributed by atoms with van der Waals surface area (Å²) < 4.78 is 14.1. The Balaban J connectivity index is 2.32. The Bertz CT molecular complexity index is 401. The zero-order valence-corrected chi connectivity index (χ0v) is 9.80. The lowest BCUT2D eigenvalue weighted by atomic mass is 10.0. The summed E-state index contributed by atoms with van der Waals surface area (Å²) in [5.41, 5.74) is 1.30. The van der Waals surface area contributed by atoms with Crippen molar-refractivity contribution in [2.75, 3.05) is 0 Å². The van der Waals surface area contributed by atoms with Crippen molar-refractivity contribution in [2.45, 2.75) is 25.4 Å². The maximum absolute atomic E-state index is 13.7. The van der Waals surface area contributed by atoms with Crippen molar-refractivity contribution >= 4 is 15.9 Å². The van der Waals surface area contributed by atoms with Crippen molar-refractivity contribution in [2.24, 2.45) is 0 Å². The second-order valence-electron chi connectivity index (χ2n) is 3.72. The summed E-state index contributed by atoms with van der Waals surface area (Å²) >= 11 is 3.12. The van der Waals surface area contributed by atoms with E-state index in [4.69, 9.17) is 0 Å². The molecule has 80 valence electrons. The van der Waals surface area contributed by atoms with E-state index in [1.165, 1.54) is 0 Å². The van der Waals surface area contributed by atoms with E-state index in [1.54, 1.807) is 18.2 Å². The lowest BCUT2D eigenvalue weighted by Gasteiger charge is -2.13. The maximum atomic E-state index is 13.7. The average molecular weight is 271 g/mol. The zero-order chi connectivity index (χ0) is 10.8. The summed E-state index contributed by atoms with van der Waals surface area (Å²) in [5, 5.41) is 10.00. The van der Waals surface area contributed by atoms with Gasteiger partial charge in [-0.1, -0.05) is 18.2 Å². The first-order chi connectivity index (χ1) is 7.20. The maximum Gasteiger partial charge on any atom is 0.143 e. The summed E-state index contributed by atoms with van der Waals surface area (Å²) in [6.45, 7) is 0. The molecule has 1 aliphatic carbocycles. The van der Waals surface area contributed by atoms with Gasteiger partial charge >= 0.3 is 0 Å². The molecular weight excluding hydrogens is 259 g/mol. The number of halogens is 2. The minimum absolute atomic E-state index is 0.359. The first-order valence-corrected chi connectivity index (χ1v) is 5.80. The van der Waals surface area contributed by atoms with E-state index in [0.717, 1.165) is 24.8 Å². The molecule has 1 aromatic rings. The summed E-state index contributed by atoms with van der Waals surface area (Å²) in [4.78, 5) is 0. The molecule has 1 nitrogen and oxygen atoms in total. The van der Waals surface area contributed by atoms with Crippen molar-refractivity contribution in [3.05, 3.63) is 45.7 Å². The molecule has 1 aromatic carbocycles. The third-order valence-electron chi connectivity index (χ3n) is 2.70. The van der Waals surface area contributed by atoms with Gasteiger partial charge < -0.3 is 5.11 Å². The van der Waals surface area contributed by atoms with Gasteiger partial charge in [-0.05, 0) is 46.8 Å². The van der Waals surface area contributed by atoms with Crippen LogP contribution in [0.1, 0.15) is 30.9 Å². The Morgan fingerprint density at radius 3 is 2.87 bits per heavy atom. The molecule has 3 heteroatoms. The minimum atomic E-state index is -0.787. The number of aliphatic hydroxyl groups is 1. The van der Waals surface area contributed by atoms with Gasteiger partial charge in [0.1, 0.15) is 11.9 Å². The van der Waals surface area contributed by atoms with Crippen LogP contribution in [-0.4, -0.2) is 5.11 Å². The predicted molar refractivity (Wildman–Crippen MR) is 61.0 cm³/mol. The highest BCUT2D eigenvalue weighted by Crippen LogP contribution is 2.33. The van der Waals surface area contributed by atoms with E-state index in [1.807, 2.05) is 6.08 Å². The molecule has 0 fully saturated rings. The number of rotatable bonds is 2. The lowest BCUT2D eigenvalue weighted by molar-refractivity contribution is 0.207. The van der Waals surface area contributed by atoms with Gasteiger partial charge in [0.2, 0.25) is 0 Å². The van der Waals surface area contributed by atoms with Crippen LogP contribution in [0, 0.1) is 5.82 Å². The molecule has 0 aliphatic heterocycles. The Morgan fingerprint density at radius 1 is 1.40 bits per heavy atom. The van der Waals surface area contributed by atoms with Crippen molar-refractivity contribution in [3.63, 3.8) is 0 Å². The van der Waals surface area contributed by atoms with E-state index in [9.17, 15) is 9.50 Å². The summed E-state index contributed by atoms with van der Waals surface area (Å²) in [6.07, 6.45) is 4.13. The second kappa shape index (κ2) is 4.45. The minimum Gasteiger partial charge on any atom is -0.384 e. The molecule has 15 heavy (non-hydrogen) atoms. The van der Waals surface area contributed by atoms with E-state index in [2.05, 4.69) is 15.9 Å². The van der Waals surface area contributed by atoms with E-state index < -0.39 is 6.10 Å². The van der Waals surface area contributed by atoms with Crippen LogP contribution < -0.4 is 0 Å². The van der Waals surface area contributed by atoms with Crippen molar-refractivity contribution in [1.82, 2.24) is 0 Å². The first-order valence-electron chi connectivity index (χ1n) is 5.01. The normalized spacial score (nSPS) is 17.7. The molecule has 1 unspecified atom stereocenters. The van der Waals surface area contributed by atoms with Gasteiger partial charge in [0.05, 0.1) is 4.47 Å². The molecule has 0 saturated heterocycles. The molecule has 0 heterocycles. The summed E-state index contributed by atoms with van der Waals surface area (Å²) in [7, 11) is 0. The van der Waals surface area contributed by atoms with Crippen molar-refractivity contribution < 1.29 is 9.50 Å². The topological polar surface area (TPSA) is 20.2 Å². The quantitative estimate of drug-likeness (QED) is 0.812. The third-order valence-corrected chi connectivity index (χ3v) is 3.32. The zero-order valence-electron chi connectivity index (χ0n) is 8.21. The number of benzene rings is 1. The van der Waals surface area contributed by atoms with Gasteiger partial charge in [0.15, 0.2) is 0 Å². The number of aliphatic hydroxyl groups excluding tert-OH is 1. The largest absolute Gasteiger partial charge is 0.384 e. The van der Waals surface area contributed by atoms with Gasteiger partial charge in [0.25, 0.3) is 0 Å². The monoisotopic (exact) mass is 270 g/mol. The average Bonchev–Trinajstić information content (AvgIpc) is 2.74. The van der Waals surface area contributed by atoms with Crippen LogP contribution in [-0.2, 0) is 0 Å². The van der Waals surface area contributed by atoms with Crippen molar-refractivity contribution in [3.8, 4) is 0 Å². The van der Waals surface area contributed by atoms with Crippen LogP contribution in [0.4, 0.5) is 4.39 Å². The smallest absolute Gasteiger partial charge is 0.143 e. The van der Waals surface area contributed by atoms with Crippen LogP contribution in [0.2, 0.25) is 0 Å². The Kier molecular flexibility index (Phi) is 3.22. The molecule has 0 bridgehead atoms. The molecule has 1 aliphatic rings. The number of allylic oxidation sites excluding steroid dienone is 1. The first kappa shape index (κ1) is 10.8. The van der Waals surface area contributed by atoms with E-state index >= 15 is 0 Å². The van der Waals surface area contributed by atoms with Crippen LogP contribution in [0.25, 0.3) is 0 Å². The molecule has 2 rings (SSSR count). The van der Waals surface area contributed by atoms with Crippen LogP contribution >= 0.6 is 15.9 Å². The molecule has 0 aromatic heterocycles. The molecule has 0 radical (unpaired) electrons. The highest BCUT2D eigenvalue weighted by atomic mass is 79.9. The molecule has 1 N–H and O–H groups in total. The molecule has 0 spiro atoms. The predicted octanol–water partition coefficient (Wildman–Crippen LogP) is 3.73. The molecular formula is C12H12BrFO. The van der Waals surface area contributed by atoms with Crippen LogP contribution in [0.3, 0.4) is 0 Å². The third kappa shape index (κ3) is 2.13. The summed E-state index contributed by atoms with van der Waals surface area (Å²) in [5.74, 6) is -0.363. The van der Waals surface area contributed by atoms with E-state index in [-0.39, 0.29) is 5.82 Å².